The quantitative estimate of drug-likeness (QED) is 0.628. The summed E-state index contributed by atoms with van der Waals surface area (Å²) in [6.45, 7) is 0. The third-order valence-electron chi connectivity index (χ3n) is 3.75. The number of esters is 1. The first-order chi connectivity index (χ1) is 11.8. The summed E-state index contributed by atoms with van der Waals surface area (Å²) in [7, 11) is 8.97. The summed E-state index contributed by atoms with van der Waals surface area (Å²) in [6.07, 6.45) is 0.708. The molecule has 2 N–H and O–H groups in total. The number of benzene rings is 1. The van der Waals surface area contributed by atoms with Crippen LogP contribution in [0.1, 0.15) is 17.0 Å². The number of hydrogen-bond donors (Lipinski definition) is 1. The smallest absolute Gasteiger partial charge is 0.310 e. The molecule has 134 valence electrons. The average Bonchev–Trinajstić information content (AvgIpc) is 2.57. The molecule has 1 aromatic carbocycles. The van der Waals surface area contributed by atoms with E-state index in [2.05, 4.69) is 9.97 Å². The highest BCUT2D eigenvalue weighted by molar-refractivity contribution is 5.77. The Bertz CT molecular complexity index is 713. The fraction of sp³-hybridized carbons (Fsp3) is 0.389. The van der Waals surface area contributed by atoms with E-state index in [-0.39, 0.29) is 12.4 Å². The molecule has 0 amide bonds. The van der Waals surface area contributed by atoms with Crippen molar-refractivity contribution in [3.8, 4) is 0 Å². The van der Waals surface area contributed by atoms with Gasteiger partial charge in [-0.15, -0.1) is 0 Å². The highest BCUT2D eigenvalue weighted by Crippen LogP contribution is 2.27. The molecule has 0 aliphatic rings. The van der Waals surface area contributed by atoms with Crippen LogP contribution in [-0.4, -0.2) is 51.2 Å². The SMILES string of the molecule is COC(=O)Cc1c(N(C)C)nc(Cc2ccc(N)cc2)nc1N(C)C. The van der Waals surface area contributed by atoms with E-state index in [1.165, 1.54) is 7.11 Å². The summed E-state index contributed by atoms with van der Waals surface area (Å²) in [5.74, 6) is 1.80. The number of methoxy groups -OCH3 is 1. The lowest BCUT2D eigenvalue weighted by Gasteiger charge is -2.23. The van der Waals surface area contributed by atoms with E-state index in [4.69, 9.17) is 10.5 Å². The van der Waals surface area contributed by atoms with Gasteiger partial charge in [-0.05, 0) is 17.7 Å². The highest BCUT2D eigenvalue weighted by atomic mass is 16.5. The van der Waals surface area contributed by atoms with E-state index in [0.717, 1.165) is 28.5 Å². The second-order valence-electron chi connectivity index (χ2n) is 6.23. The van der Waals surface area contributed by atoms with Crippen LogP contribution in [0.4, 0.5) is 17.3 Å². The van der Waals surface area contributed by atoms with Gasteiger partial charge >= 0.3 is 5.97 Å². The minimum Gasteiger partial charge on any atom is -0.469 e. The molecule has 0 saturated carbocycles. The van der Waals surface area contributed by atoms with Crippen molar-refractivity contribution in [3.05, 3.63) is 41.2 Å². The summed E-state index contributed by atoms with van der Waals surface area (Å²) >= 11 is 0. The van der Waals surface area contributed by atoms with Gasteiger partial charge in [-0.25, -0.2) is 9.97 Å². The van der Waals surface area contributed by atoms with Crippen molar-refractivity contribution in [1.82, 2.24) is 9.97 Å². The number of carbonyl (C=O) groups is 1. The van der Waals surface area contributed by atoms with Crippen molar-refractivity contribution in [2.45, 2.75) is 12.8 Å². The zero-order valence-electron chi connectivity index (χ0n) is 15.4. The highest BCUT2D eigenvalue weighted by Gasteiger charge is 2.20. The third kappa shape index (κ3) is 4.59. The van der Waals surface area contributed by atoms with Crippen LogP contribution >= 0.6 is 0 Å². The Morgan fingerprint density at radius 1 is 1.04 bits per heavy atom. The minimum atomic E-state index is -0.318. The first-order valence-electron chi connectivity index (χ1n) is 7.97. The van der Waals surface area contributed by atoms with E-state index in [1.54, 1.807) is 0 Å². The van der Waals surface area contributed by atoms with Gasteiger partial charge in [0.15, 0.2) is 0 Å². The standard InChI is InChI=1S/C18H25N5O2/c1-22(2)17-14(11-16(24)25-5)18(23(3)4)21-15(20-17)10-12-6-8-13(19)9-7-12/h6-9H,10-11,19H2,1-5H3. The summed E-state index contributed by atoms with van der Waals surface area (Å²) in [6, 6.07) is 7.65. The van der Waals surface area contributed by atoms with Crippen LogP contribution in [0.5, 0.6) is 0 Å². The van der Waals surface area contributed by atoms with Crippen molar-refractivity contribution in [3.63, 3.8) is 0 Å². The average molecular weight is 343 g/mol. The Kier molecular flexibility index (Phi) is 5.80. The molecule has 25 heavy (non-hydrogen) atoms. The van der Waals surface area contributed by atoms with Crippen LogP contribution in [0.25, 0.3) is 0 Å². The van der Waals surface area contributed by atoms with E-state index < -0.39 is 0 Å². The van der Waals surface area contributed by atoms with Gasteiger partial charge in [0.2, 0.25) is 0 Å². The van der Waals surface area contributed by atoms with Crippen LogP contribution in [0.15, 0.2) is 24.3 Å². The largest absolute Gasteiger partial charge is 0.469 e. The zero-order chi connectivity index (χ0) is 18.6. The molecule has 0 fully saturated rings. The van der Waals surface area contributed by atoms with Gasteiger partial charge in [0.1, 0.15) is 17.5 Å². The maximum atomic E-state index is 11.8. The Balaban J connectivity index is 2.48. The Morgan fingerprint density at radius 3 is 2.00 bits per heavy atom. The number of hydrogen-bond acceptors (Lipinski definition) is 7. The minimum absolute atomic E-state index is 0.125. The third-order valence-corrected chi connectivity index (χ3v) is 3.75. The lowest BCUT2D eigenvalue weighted by atomic mass is 10.1. The van der Waals surface area contributed by atoms with Gasteiger partial charge in [0.05, 0.1) is 13.5 Å². The molecule has 0 aliphatic heterocycles. The summed E-state index contributed by atoms with van der Waals surface area (Å²) in [5, 5.41) is 0. The van der Waals surface area contributed by atoms with Crippen molar-refractivity contribution >= 4 is 23.3 Å². The molecule has 1 aromatic heterocycles. The number of anilines is 3. The van der Waals surface area contributed by atoms with Crippen LogP contribution in [0.2, 0.25) is 0 Å². The topological polar surface area (TPSA) is 84.6 Å². The van der Waals surface area contributed by atoms with E-state index in [0.29, 0.717) is 12.2 Å². The van der Waals surface area contributed by atoms with Crippen molar-refractivity contribution in [2.75, 3.05) is 50.8 Å². The van der Waals surface area contributed by atoms with Crippen LogP contribution < -0.4 is 15.5 Å². The van der Waals surface area contributed by atoms with Crippen LogP contribution in [0, 0.1) is 0 Å². The maximum absolute atomic E-state index is 11.8. The molecule has 2 rings (SSSR count). The van der Waals surface area contributed by atoms with Gasteiger partial charge in [-0.3, -0.25) is 4.79 Å². The van der Waals surface area contributed by atoms with Crippen molar-refractivity contribution < 1.29 is 9.53 Å². The lowest BCUT2D eigenvalue weighted by molar-refractivity contribution is -0.139. The first kappa shape index (κ1) is 18.5. The molecule has 0 aliphatic carbocycles. The molecule has 0 radical (unpaired) electrons. The summed E-state index contributed by atoms with van der Waals surface area (Å²) < 4.78 is 4.82. The van der Waals surface area contributed by atoms with Crippen LogP contribution in [-0.2, 0) is 22.4 Å². The predicted molar refractivity (Wildman–Crippen MR) is 100 cm³/mol. The molecule has 0 bridgehead atoms. The second-order valence-corrected chi connectivity index (χ2v) is 6.23. The maximum Gasteiger partial charge on any atom is 0.310 e. The molecule has 0 unspecified atom stereocenters. The van der Waals surface area contributed by atoms with Gasteiger partial charge in [-0.2, -0.15) is 0 Å². The molecular formula is C18H25N5O2. The second kappa shape index (κ2) is 7.83. The summed E-state index contributed by atoms with van der Waals surface area (Å²) in [4.78, 5) is 24.9. The lowest BCUT2D eigenvalue weighted by Crippen LogP contribution is -2.23. The summed E-state index contributed by atoms with van der Waals surface area (Å²) in [5.41, 5.74) is 8.29. The van der Waals surface area contributed by atoms with Crippen molar-refractivity contribution in [1.29, 1.82) is 0 Å². The predicted octanol–water partition coefficient (Wildman–Crippen LogP) is 1.50. The number of nitrogens with two attached hydrogens (primary N) is 1. The number of carbonyl (C=O) groups excluding carboxylic acids is 1. The van der Waals surface area contributed by atoms with E-state index in [9.17, 15) is 4.79 Å². The Labute approximate surface area is 148 Å². The number of nitrogens with zero attached hydrogens (tertiary/aromatic N) is 4. The van der Waals surface area contributed by atoms with Crippen LogP contribution in [0.3, 0.4) is 0 Å². The molecule has 2 aromatic rings. The zero-order valence-corrected chi connectivity index (χ0v) is 15.4. The molecule has 7 heteroatoms. The Morgan fingerprint density at radius 2 is 1.56 bits per heavy atom. The van der Waals surface area contributed by atoms with Gasteiger partial charge in [-0.1, -0.05) is 12.1 Å². The molecule has 0 spiro atoms. The molecule has 1 heterocycles. The first-order valence-corrected chi connectivity index (χ1v) is 7.97. The number of nitrogen functional groups attached to an aromatic ring is 1. The number of rotatable bonds is 6. The number of aromatic nitrogens is 2. The van der Waals surface area contributed by atoms with Gasteiger partial charge in [0, 0.05) is 45.9 Å². The molecule has 7 nitrogen and oxygen atoms in total. The number of ether oxygens (including phenoxy) is 1. The van der Waals surface area contributed by atoms with E-state index in [1.807, 2.05) is 62.3 Å². The Hall–Kier alpha value is -2.83. The van der Waals surface area contributed by atoms with E-state index >= 15 is 0 Å². The normalized spacial score (nSPS) is 10.4. The molecule has 0 saturated heterocycles. The molecular weight excluding hydrogens is 318 g/mol. The fourth-order valence-corrected chi connectivity index (χ4v) is 2.52. The van der Waals surface area contributed by atoms with Crippen molar-refractivity contribution in [2.24, 2.45) is 0 Å². The molecule has 0 atom stereocenters. The fourth-order valence-electron chi connectivity index (χ4n) is 2.52. The monoisotopic (exact) mass is 343 g/mol. The van der Waals surface area contributed by atoms with Gasteiger partial charge in [0.25, 0.3) is 0 Å². The van der Waals surface area contributed by atoms with Gasteiger partial charge < -0.3 is 20.3 Å².